The van der Waals surface area contributed by atoms with E-state index in [2.05, 4.69) is 22.9 Å². The number of Topliss-reactive ketones (excluding diaryl/α,β-unsaturated/α-hetero) is 1. The molecule has 98 valence electrons. The van der Waals surface area contributed by atoms with Crippen molar-refractivity contribution in [1.29, 1.82) is 0 Å². The molecule has 0 aliphatic heterocycles. The Labute approximate surface area is 120 Å². The summed E-state index contributed by atoms with van der Waals surface area (Å²) in [5.74, 6) is -0.0798. The number of rotatable bonds is 2. The van der Waals surface area contributed by atoms with E-state index in [1.807, 2.05) is 0 Å². The third-order valence-electron chi connectivity index (χ3n) is 3.69. The van der Waals surface area contributed by atoms with Crippen LogP contribution in [0.2, 0.25) is 5.02 Å². The Bertz CT molecular complexity index is 467. The maximum atomic E-state index is 14.0. The van der Waals surface area contributed by atoms with Crippen LogP contribution in [0.5, 0.6) is 0 Å². The SMILES string of the molecule is CC1CCC(C(=O)c2ccc(Br)c(Cl)c2F)CC1. The van der Waals surface area contributed by atoms with Crippen LogP contribution in [0.4, 0.5) is 4.39 Å². The van der Waals surface area contributed by atoms with Gasteiger partial charge < -0.3 is 0 Å². The van der Waals surface area contributed by atoms with Gasteiger partial charge in [0.05, 0.1) is 10.6 Å². The summed E-state index contributed by atoms with van der Waals surface area (Å²) in [6.07, 6.45) is 3.80. The van der Waals surface area contributed by atoms with Crippen LogP contribution in [0.25, 0.3) is 0 Å². The highest BCUT2D eigenvalue weighted by molar-refractivity contribution is 9.10. The van der Waals surface area contributed by atoms with E-state index in [-0.39, 0.29) is 22.3 Å². The van der Waals surface area contributed by atoms with Crippen molar-refractivity contribution >= 4 is 33.3 Å². The van der Waals surface area contributed by atoms with Crippen molar-refractivity contribution in [2.75, 3.05) is 0 Å². The van der Waals surface area contributed by atoms with Crippen molar-refractivity contribution in [3.05, 3.63) is 33.0 Å². The van der Waals surface area contributed by atoms with Crippen LogP contribution in [0, 0.1) is 17.7 Å². The highest BCUT2D eigenvalue weighted by Crippen LogP contribution is 2.33. The molecule has 0 spiro atoms. The Balaban J connectivity index is 2.21. The van der Waals surface area contributed by atoms with Gasteiger partial charge in [-0.05, 0) is 46.8 Å². The van der Waals surface area contributed by atoms with E-state index in [0.29, 0.717) is 10.4 Å². The number of carbonyl (C=O) groups excluding carboxylic acids is 1. The van der Waals surface area contributed by atoms with Gasteiger partial charge in [0.2, 0.25) is 0 Å². The van der Waals surface area contributed by atoms with Crippen molar-refractivity contribution in [2.24, 2.45) is 11.8 Å². The van der Waals surface area contributed by atoms with Gasteiger partial charge in [-0.3, -0.25) is 4.79 Å². The van der Waals surface area contributed by atoms with Gasteiger partial charge in [-0.1, -0.05) is 31.4 Å². The molecule has 1 saturated carbocycles. The fraction of sp³-hybridized carbons (Fsp3) is 0.500. The van der Waals surface area contributed by atoms with Crippen LogP contribution >= 0.6 is 27.5 Å². The first-order valence-electron chi connectivity index (χ1n) is 6.18. The molecule has 0 saturated heterocycles. The normalized spacial score (nSPS) is 24.0. The smallest absolute Gasteiger partial charge is 0.168 e. The Kier molecular flexibility index (Phi) is 4.44. The first-order valence-corrected chi connectivity index (χ1v) is 7.35. The first-order chi connectivity index (χ1) is 8.50. The zero-order valence-electron chi connectivity index (χ0n) is 10.2. The lowest BCUT2D eigenvalue weighted by Gasteiger charge is -2.25. The molecule has 18 heavy (non-hydrogen) atoms. The number of hydrogen-bond acceptors (Lipinski definition) is 1. The molecule has 1 nitrogen and oxygen atoms in total. The van der Waals surface area contributed by atoms with Crippen LogP contribution < -0.4 is 0 Å². The molecule has 4 heteroatoms. The van der Waals surface area contributed by atoms with E-state index in [9.17, 15) is 9.18 Å². The molecule has 1 aliphatic carbocycles. The average molecular weight is 334 g/mol. The lowest BCUT2D eigenvalue weighted by atomic mass is 9.79. The summed E-state index contributed by atoms with van der Waals surface area (Å²) in [5, 5.41) is -0.00923. The lowest BCUT2D eigenvalue weighted by molar-refractivity contribution is 0.0871. The number of benzene rings is 1. The summed E-state index contributed by atoms with van der Waals surface area (Å²) in [6.45, 7) is 2.19. The molecule has 1 aliphatic rings. The zero-order valence-corrected chi connectivity index (χ0v) is 12.5. The second-order valence-corrected chi connectivity index (χ2v) is 6.28. The van der Waals surface area contributed by atoms with Gasteiger partial charge in [-0.2, -0.15) is 0 Å². The van der Waals surface area contributed by atoms with E-state index in [4.69, 9.17) is 11.6 Å². The van der Waals surface area contributed by atoms with Crippen molar-refractivity contribution < 1.29 is 9.18 Å². The molecular formula is C14H15BrClFO. The molecule has 0 radical (unpaired) electrons. The van der Waals surface area contributed by atoms with E-state index >= 15 is 0 Å². The summed E-state index contributed by atoms with van der Waals surface area (Å²) in [7, 11) is 0. The van der Waals surface area contributed by atoms with Crippen molar-refractivity contribution in [3.63, 3.8) is 0 Å². The highest BCUT2D eigenvalue weighted by atomic mass is 79.9. The van der Waals surface area contributed by atoms with Crippen molar-refractivity contribution in [1.82, 2.24) is 0 Å². The highest BCUT2D eigenvalue weighted by Gasteiger charge is 2.27. The van der Waals surface area contributed by atoms with Crippen molar-refractivity contribution in [3.8, 4) is 0 Å². The van der Waals surface area contributed by atoms with Gasteiger partial charge in [-0.15, -0.1) is 0 Å². The number of hydrogen-bond donors (Lipinski definition) is 0. The maximum absolute atomic E-state index is 14.0. The van der Waals surface area contributed by atoms with Crippen LogP contribution in [0.3, 0.4) is 0 Å². The molecule has 0 bridgehead atoms. The quantitative estimate of drug-likeness (QED) is 0.533. The van der Waals surface area contributed by atoms with Gasteiger partial charge in [0.25, 0.3) is 0 Å². The molecular weight excluding hydrogens is 319 g/mol. The largest absolute Gasteiger partial charge is 0.294 e. The Hall–Kier alpha value is -0.410. The van der Waals surface area contributed by atoms with E-state index in [0.717, 1.165) is 25.7 Å². The number of halogens is 3. The number of carbonyl (C=O) groups is 1. The Morgan fingerprint density at radius 2 is 1.94 bits per heavy atom. The minimum Gasteiger partial charge on any atom is -0.294 e. The van der Waals surface area contributed by atoms with Gasteiger partial charge in [0.15, 0.2) is 11.6 Å². The molecule has 0 heterocycles. The summed E-state index contributed by atoms with van der Waals surface area (Å²) in [4.78, 5) is 12.3. The molecule has 1 aromatic rings. The van der Waals surface area contributed by atoms with Crippen LogP contribution in [-0.2, 0) is 0 Å². The predicted molar refractivity (Wildman–Crippen MR) is 74.6 cm³/mol. The summed E-state index contributed by atoms with van der Waals surface area (Å²) in [5.41, 5.74) is 0.128. The molecule has 0 unspecified atom stereocenters. The third kappa shape index (κ3) is 2.77. The van der Waals surface area contributed by atoms with E-state index < -0.39 is 5.82 Å². The summed E-state index contributed by atoms with van der Waals surface area (Å²) in [6, 6.07) is 3.15. The second-order valence-electron chi connectivity index (χ2n) is 5.04. The van der Waals surface area contributed by atoms with Gasteiger partial charge >= 0.3 is 0 Å². The monoisotopic (exact) mass is 332 g/mol. The minimum atomic E-state index is -0.602. The summed E-state index contributed by atoms with van der Waals surface area (Å²) < 4.78 is 14.4. The van der Waals surface area contributed by atoms with Gasteiger partial charge in [0.1, 0.15) is 0 Å². The van der Waals surface area contributed by atoms with Crippen molar-refractivity contribution in [2.45, 2.75) is 32.6 Å². The fourth-order valence-electron chi connectivity index (χ4n) is 2.46. The standard InChI is InChI=1S/C14H15BrClFO/c1-8-2-4-9(5-3-8)14(18)10-6-7-11(15)12(16)13(10)17/h6-9H,2-5H2,1H3. The predicted octanol–water partition coefficient (Wildman–Crippen LogP) is 5.25. The maximum Gasteiger partial charge on any atom is 0.168 e. The average Bonchev–Trinajstić information content (AvgIpc) is 2.36. The summed E-state index contributed by atoms with van der Waals surface area (Å²) >= 11 is 8.96. The molecule has 0 atom stereocenters. The zero-order chi connectivity index (χ0) is 13.3. The van der Waals surface area contributed by atoms with Crippen LogP contribution in [0.15, 0.2) is 16.6 Å². The first kappa shape index (κ1) is 14.0. The Morgan fingerprint density at radius 1 is 1.33 bits per heavy atom. The molecule has 0 aromatic heterocycles. The lowest BCUT2D eigenvalue weighted by Crippen LogP contribution is -2.21. The number of ketones is 1. The van der Waals surface area contributed by atoms with E-state index in [1.54, 1.807) is 6.07 Å². The third-order valence-corrected chi connectivity index (χ3v) is 4.95. The minimum absolute atomic E-state index is 0.00923. The van der Waals surface area contributed by atoms with Gasteiger partial charge in [-0.25, -0.2) is 4.39 Å². The molecule has 1 aromatic carbocycles. The molecule has 0 N–H and O–H groups in total. The topological polar surface area (TPSA) is 17.1 Å². The molecule has 0 amide bonds. The molecule has 2 rings (SSSR count). The van der Waals surface area contributed by atoms with Crippen LogP contribution in [-0.4, -0.2) is 5.78 Å². The van der Waals surface area contributed by atoms with Crippen LogP contribution in [0.1, 0.15) is 43.0 Å². The Morgan fingerprint density at radius 3 is 2.56 bits per heavy atom. The fourth-order valence-corrected chi connectivity index (χ4v) is 2.93. The molecule has 1 fully saturated rings. The van der Waals surface area contributed by atoms with E-state index in [1.165, 1.54) is 6.07 Å². The van der Waals surface area contributed by atoms with Gasteiger partial charge in [0, 0.05) is 10.4 Å². The second kappa shape index (κ2) is 5.70.